The van der Waals surface area contributed by atoms with Gasteiger partial charge in [0, 0.05) is 15.6 Å². The maximum absolute atomic E-state index is 13.4. The SMILES string of the molecule is O=C(CSCC(=O)OCc1c(Cl)cccc1Cl)Nc1ccccc1F. The lowest BCUT2D eigenvalue weighted by Crippen LogP contribution is -2.17. The van der Waals surface area contributed by atoms with Gasteiger partial charge in [-0.1, -0.05) is 41.4 Å². The van der Waals surface area contributed by atoms with Gasteiger partial charge in [0.2, 0.25) is 5.91 Å². The molecule has 0 fully saturated rings. The van der Waals surface area contributed by atoms with E-state index in [-0.39, 0.29) is 23.8 Å². The Morgan fingerprint density at radius 1 is 1.04 bits per heavy atom. The number of nitrogens with one attached hydrogen (secondary N) is 1. The molecule has 0 aliphatic rings. The third-order valence-corrected chi connectivity index (χ3v) is 4.65. The van der Waals surface area contributed by atoms with Gasteiger partial charge >= 0.3 is 5.97 Å². The molecule has 1 N–H and O–H groups in total. The highest BCUT2D eigenvalue weighted by Crippen LogP contribution is 2.25. The quantitative estimate of drug-likeness (QED) is 0.691. The van der Waals surface area contributed by atoms with E-state index in [1.165, 1.54) is 18.2 Å². The lowest BCUT2D eigenvalue weighted by molar-refractivity contribution is -0.141. The first-order chi connectivity index (χ1) is 12.0. The first-order valence-corrected chi connectivity index (χ1v) is 9.09. The third kappa shape index (κ3) is 6.23. The van der Waals surface area contributed by atoms with Crippen molar-refractivity contribution in [3.8, 4) is 0 Å². The summed E-state index contributed by atoms with van der Waals surface area (Å²) >= 11 is 13.0. The molecule has 2 aromatic rings. The van der Waals surface area contributed by atoms with E-state index >= 15 is 0 Å². The molecular formula is C17H14Cl2FNO3S. The Bertz CT molecular complexity index is 753. The number of para-hydroxylation sites is 1. The number of amides is 1. The summed E-state index contributed by atoms with van der Waals surface area (Å²) in [6, 6.07) is 10.8. The van der Waals surface area contributed by atoms with Crippen LogP contribution in [0, 0.1) is 5.82 Å². The minimum absolute atomic E-state index is 0.00369. The summed E-state index contributed by atoms with van der Waals surface area (Å²) in [5.74, 6) is -1.45. The molecule has 0 bridgehead atoms. The number of anilines is 1. The van der Waals surface area contributed by atoms with Crippen molar-refractivity contribution in [2.75, 3.05) is 16.8 Å². The molecule has 0 atom stereocenters. The molecule has 0 radical (unpaired) electrons. The van der Waals surface area contributed by atoms with Gasteiger partial charge in [-0.2, -0.15) is 0 Å². The highest BCUT2D eigenvalue weighted by Gasteiger charge is 2.11. The number of ether oxygens (including phenoxy) is 1. The van der Waals surface area contributed by atoms with E-state index in [0.717, 1.165) is 11.8 Å². The molecule has 132 valence electrons. The van der Waals surface area contributed by atoms with Crippen molar-refractivity contribution in [3.05, 3.63) is 63.9 Å². The second-order valence-electron chi connectivity index (χ2n) is 4.88. The van der Waals surface area contributed by atoms with Crippen LogP contribution in [0.2, 0.25) is 10.0 Å². The Hall–Kier alpha value is -1.76. The lowest BCUT2D eigenvalue weighted by atomic mass is 10.2. The first-order valence-electron chi connectivity index (χ1n) is 7.18. The van der Waals surface area contributed by atoms with Crippen LogP contribution in [-0.4, -0.2) is 23.4 Å². The summed E-state index contributed by atoms with van der Waals surface area (Å²) in [4.78, 5) is 23.4. The number of rotatable bonds is 7. The molecule has 2 rings (SSSR count). The molecule has 25 heavy (non-hydrogen) atoms. The molecule has 0 unspecified atom stereocenters. The molecule has 8 heteroatoms. The molecule has 0 saturated heterocycles. The summed E-state index contributed by atoms with van der Waals surface area (Å²) in [5.41, 5.74) is 0.630. The molecule has 0 saturated carbocycles. The smallest absolute Gasteiger partial charge is 0.316 e. The minimum atomic E-state index is -0.517. The van der Waals surface area contributed by atoms with Crippen molar-refractivity contribution in [1.82, 2.24) is 0 Å². The predicted molar refractivity (Wildman–Crippen MR) is 98.6 cm³/mol. The Labute approximate surface area is 158 Å². The number of benzene rings is 2. The van der Waals surface area contributed by atoms with E-state index in [2.05, 4.69) is 5.32 Å². The molecular weight excluding hydrogens is 388 g/mol. The molecule has 0 spiro atoms. The van der Waals surface area contributed by atoms with Crippen molar-refractivity contribution < 1.29 is 18.7 Å². The average molecular weight is 402 g/mol. The van der Waals surface area contributed by atoms with Crippen LogP contribution in [0.15, 0.2) is 42.5 Å². The standard InChI is InChI=1S/C17H14Cl2FNO3S/c18-12-4-3-5-13(19)11(12)8-24-17(23)10-25-9-16(22)21-15-7-2-1-6-14(15)20/h1-7H,8-10H2,(H,21,22). The fraction of sp³-hybridized carbons (Fsp3) is 0.176. The number of esters is 1. The van der Waals surface area contributed by atoms with Gasteiger partial charge in [-0.05, 0) is 24.3 Å². The number of hydrogen-bond donors (Lipinski definition) is 1. The molecule has 2 aromatic carbocycles. The number of carbonyl (C=O) groups is 2. The molecule has 0 aliphatic heterocycles. The summed E-state index contributed by atoms with van der Waals surface area (Å²) < 4.78 is 18.5. The van der Waals surface area contributed by atoms with Gasteiger partial charge in [0.05, 0.1) is 17.2 Å². The molecule has 4 nitrogen and oxygen atoms in total. The Kier molecular flexibility index (Phi) is 7.55. The maximum Gasteiger partial charge on any atom is 0.316 e. The Morgan fingerprint density at radius 2 is 1.72 bits per heavy atom. The lowest BCUT2D eigenvalue weighted by Gasteiger charge is -2.08. The Balaban J connectivity index is 1.72. The zero-order valence-electron chi connectivity index (χ0n) is 12.9. The van der Waals surface area contributed by atoms with Crippen LogP contribution >= 0.6 is 35.0 Å². The second-order valence-corrected chi connectivity index (χ2v) is 6.68. The number of thioether (sulfide) groups is 1. The summed E-state index contributed by atoms with van der Waals surface area (Å²) in [6.07, 6.45) is 0. The first kappa shape index (κ1) is 19.6. The van der Waals surface area contributed by atoms with Crippen molar-refractivity contribution in [2.24, 2.45) is 0 Å². The van der Waals surface area contributed by atoms with Gasteiger partial charge in [-0.25, -0.2) is 4.39 Å². The van der Waals surface area contributed by atoms with Crippen molar-refractivity contribution >= 4 is 52.5 Å². The normalized spacial score (nSPS) is 10.4. The summed E-state index contributed by atoms with van der Waals surface area (Å²) in [7, 11) is 0. The van der Waals surface area contributed by atoms with Crippen LogP contribution < -0.4 is 5.32 Å². The number of halogens is 3. The molecule has 0 aliphatic carbocycles. The molecule has 1 amide bonds. The maximum atomic E-state index is 13.4. The third-order valence-electron chi connectivity index (χ3n) is 3.04. The van der Waals surface area contributed by atoms with Crippen molar-refractivity contribution in [2.45, 2.75) is 6.61 Å². The fourth-order valence-corrected chi connectivity index (χ4v) is 2.96. The Morgan fingerprint density at radius 3 is 2.40 bits per heavy atom. The van der Waals surface area contributed by atoms with Gasteiger partial charge in [-0.15, -0.1) is 11.8 Å². The van der Waals surface area contributed by atoms with Crippen LogP contribution in [0.1, 0.15) is 5.56 Å². The monoisotopic (exact) mass is 401 g/mol. The average Bonchev–Trinajstić information content (AvgIpc) is 2.56. The summed E-state index contributed by atoms with van der Waals surface area (Å²) in [6.45, 7) is -0.0423. The van der Waals surface area contributed by atoms with E-state index in [4.69, 9.17) is 27.9 Å². The van der Waals surface area contributed by atoms with Crippen molar-refractivity contribution in [3.63, 3.8) is 0 Å². The number of carbonyl (C=O) groups excluding carboxylic acids is 2. The molecule has 0 aromatic heterocycles. The van der Waals surface area contributed by atoms with Gasteiger partial charge < -0.3 is 10.1 Å². The number of hydrogen-bond acceptors (Lipinski definition) is 4. The van der Waals surface area contributed by atoms with Crippen molar-refractivity contribution in [1.29, 1.82) is 0 Å². The van der Waals surface area contributed by atoms with Crippen LogP contribution in [0.25, 0.3) is 0 Å². The summed E-state index contributed by atoms with van der Waals surface area (Å²) in [5, 5.41) is 3.26. The highest BCUT2D eigenvalue weighted by molar-refractivity contribution is 8.00. The zero-order valence-corrected chi connectivity index (χ0v) is 15.3. The van der Waals surface area contributed by atoms with Crippen LogP contribution in [-0.2, 0) is 20.9 Å². The van der Waals surface area contributed by atoms with Gasteiger partial charge in [0.1, 0.15) is 12.4 Å². The van der Waals surface area contributed by atoms with Gasteiger partial charge in [-0.3, -0.25) is 9.59 Å². The van der Waals surface area contributed by atoms with E-state index in [1.807, 2.05) is 0 Å². The topological polar surface area (TPSA) is 55.4 Å². The van der Waals surface area contributed by atoms with E-state index in [9.17, 15) is 14.0 Å². The van der Waals surface area contributed by atoms with Gasteiger partial charge in [0.15, 0.2) is 0 Å². The minimum Gasteiger partial charge on any atom is -0.460 e. The zero-order chi connectivity index (χ0) is 18.2. The fourth-order valence-electron chi connectivity index (χ4n) is 1.84. The second kappa shape index (κ2) is 9.65. The predicted octanol–water partition coefficient (Wildman–Crippen LogP) is 4.55. The van der Waals surface area contributed by atoms with Gasteiger partial charge in [0.25, 0.3) is 0 Å². The highest BCUT2D eigenvalue weighted by atomic mass is 35.5. The van der Waals surface area contributed by atoms with E-state index in [0.29, 0.717) is 15.6 Å². The van der Waals surface area contributed by atoms with Crippen LogP contribution in [0.5, 0.6) is 0 Å². The molecule has 0 heterocycles. The van der Waals surface area contributed by atoms with E-state index in [1.54, 1.807) is 24.3 Å². The largest absolute Gasteiger partial charge is 0.460 e. The van der Waals surface area contributed by atoms with Crippen LogP contribution in [0.4, 0.5) is 10.1 Å². The van der Waals surface area contributed by atoms with E-state index < -0.39 is 17.7 Å². The van der Waals surface area contributed by atoms with Crippen LogP contribution in [0.3, 0.4) is 0 Å².